The van der Waals surface area contributed by atoms with E-state index < -0.39 is 16.5 Å². The number of aryl methyl sites for hydroxylation is 1. The summed E-state index contributed by atoms with van der Waals surface area (Å²) in [5.41, 5.74) is 5.71. The Labute approximate surface area is 269 Å². The summed E-state index contributed by atoms with van der Waals surface area (Å²) in [5.74, 6) is 0.0660. The number of nitrogens with zero attached hydrogens (tertiary/aromatic N) is 3. The second-order valence-corrected chi connectivity index (χ2v) is 14.6. The number of aromatic nitrogens is 2. The lowest BCUT2D eigenvalue weighted by molar-refractivity contribution is -0.0787. The summed E-state index contributed by atoms with van der Waals surface area (Å²) in [4.78, 5) is 24.5. The van der Waals surface area contributed by atoms with Crippen LogP contribution in [0.3, 0.4) is 0 Å². The van der Waals surface area contributed by atoms with Crippen molar-refractivity contribution in [3.8, 4) is 11.3 Å². The van der Waals surface area contributed by atoms with E-state index in [1.165, 1.54) is 23.1 Å². The van der Waals surface area contributed by atoms with E-state index in [2.05, 4.69) is 36.9 Å². The lowest BCUT2D eigenvalue weighted by atomic mass is 9.76. The number of anilines is 1. The molecule has 1 aliphatic carbocycles. The predicted octanol–water partition coefficient (Wildman–Crippen LogP) is 7.92. The van der Waals surface area contributed by atoms with Crippen molar-refractivity contribution in [2.75, 3.05) is 24.6 Å². The lowest BCUT2D eigenvalue weighted by Gasteiger charge is -2.40. The first-order chi connectivity index (χ1) is 20.3. The molecule has 1 spiro atoms. The Hall–Kier alpha value is -2.36. The monoisotopic (exact) mass is 642 g/mol. The second-order valence-electron chi connectivity index (χ2n) is 12.6. The molecule has 1 saturated heterocycles. The third-order valence-electron chi connectivity index (χ3n) is 8.67. The molecule has 1 aliphatic heterocycles. The Morgan fingerprint density at radius 1 is 1.07 bits per heavy atom. The molecule has 1 fully saturated rings. The lowest BCUT2D eigenvalue weighted by Crippen LogP contribution is -2.42. The molecule has 10 heteroatoms. The second kappa shape index (κ2) is 12.2. The molecule has 0 atom stereocenters. The summed E-state index contributed by atoms with van der Waals surface area (Å²) in [6.45, 7) is 13.7. The van der Waals surface area contributed by atoms with Gasteiger partial charge < -0.3 is 14.4 Å². The Kier molecular flexibility index (Phi) is 9.09. The molecule has 2 aromatic carbocycles. The van der Waals surface area contributed by atoms with Gasteiger partial charge >= 0.3 is 5.97 Å². The number of nitrogens with two attached hydrogens (primary N) is 1. The number of carbonyl (C=O) groups excluding carboxylic acids is 1. The van der Waals surface area contributed by atoms with E-state index in [0.717, 1.165) is 44.3 Å². The molecule has 2 aliphatic rings. The molecule has 7 nitrogen and oxygen atoms in total. The average molecular weight is 644 g/mol. The summed E-state index contributed by atoms with van der Waals surface area (Å²) in [6, 6.07) is 12.1. The number of fused-ring (bicyclic) bond motifs is 1. The van der Waals surface area contributed by atoms with Gasteiger partial charge in [0.2, 0.25) is 0 Å². The summed E-state index contributed by atoms with van der Waals surface area (Å²) in [7, 11) is 0. The van der Waals surface area contributed by atoms with Crippen molar-refractivity contribution in [1.82, 2.24) is 9.97 Å². The topological polar surface area (TPSA) is 90.6 Å². The van der Waals surface area contributed by atoms with E-state index in [1.54, 1.807) is 13.0 Å². The highest BCUT2D eigenvalue weighted by Crippen LogP contribution is 2.47. The number of hydrogen-bond acceptors (Lipinski definition) is 8. The van der Waals surface area contributed by atoms with Crippen LogP contribution in [-0.4, -0.2) is 40.6 Å². The Balaban J connectivity index is 1.37. The Morgan fingerprint density at radius 2 is 1.77 bits per heavy atom. The minimum Gasteiger partial charge on any atom is -0.461 e. The standard InChI is InChI=1S/C33H40Cl2N4O3S/c1-7-41-30(40)28-29(37-20(2)27(38-28)24-9-8-10-25(34)26(24)35)39-15-13-33(14-16-39)18-21-11-12-23(17-22(21)19-33)31(3,4)42-32(5,6)43-36/h8-12,17H,7,13-16,18-19,36H2,1-6H3. The van der Waals surface area contributed by atoms with E-state index in [1.807, 2.05) is 32.9 Å². The SMILES string of the molecule is CCOC(=O)c1nc(-c2cccc(Cl)c2Cl)c(C)nc1N1CCC2(CC1)Cc1ccc(C(C)(C)OC(C)(C)SN)cc1C2. The summed E-state index contributed by atoms with van der Waals surface area (Å²) in [5, 5.41) is 6.66. The van der Waals surface area contributed by atoms with Crippen LogP contribution in [0.25, 0.3) is 11.3 Å². The van der Waals surface area contributed by atoms with Crippen molar-refractivity contribution in [3.63, 3.8) is 0 Å². The quantitative estimate of drug-likeness (QED) is 0.151. The fraction of sp³-hybridized carbons (Fsp3) is 0.485. The molecule has 0 amide bonds. The van der Waals surface area contributed by atoms with Gasteiger partial charge in [-0.15, -0.1) is 0 Å². The Morgan fingerprint density at radius 3 is 2.44 bits per heavy atom. The molecule has 0 radical (unpaired) electrons. The minimum atomic E-state index is -0.494. The van der Waals surface area contributed by atoms with Crippen molar-refractivity contribution >= 4 is 46.9 Å². The number of esters is 1. The molecule has 5 rings (SSSR count). The summed E-state index contributed by atoms with van der Waals surface area (Å²) < 4.78 is 11.8. The summed E-state index contributed by atoms with van der Waals surface area (Å²) in [6.07, 6.45) is 4.04. The number of rotatable bonds is 8. The maximum absolute atomic E-state index is 13.1. The molecule has 2 N–H and O–H groups in total. The zero-order valence-corrected chi connectivity index (χ0v) is 28.1. The van der Waals surface area contributed by atoms with E-state index in [0.29, 0.717) is 32.8 Å². The third kappa shape index (κ3) is 6.54. The Bertz CT molecular complexity index is 1540. The minimum absolute atomic E-state index is 0.176. The molecule has 2 heterocycles. The molecule has 230 valence electrons. The van der Waals surface area contributed by atoms with Crippen LogP contribution < -0.4 is 10.0 Å². The smallest absolute Gasteiger partial charge is 0.360 e. The molecule has 0 saturated carbocycles. The van der Waals surface area contributed by atoms with Gasteiger partial charge in [0.15, 0.2) is 11.5 Å². The highest BCUT2D eigenvalue weighted by Gasteiger charge is 2.42. The van der Waals surface area contributed by atoms with Gasteiger partial charge in [0, 0.05) is 18.7 Å². The van der Waals surface area contributed by atoms with Crippen molar-refractivity contribution in [1.29, 1.82) is 0 Å². The van der Waals surface area contributed by atoms with Crippen molar-refractivity contribution < 1.29 is 14.3 Å². The number of piperidine rings is 1. The maximum atomic E-state index is 13.1. The molecule has 3 aromatic rings. The number of carbonyl (C=O) groups is 1. The van der Waals surface area contributed by atoms with Crippen molar-refractivity contribution in [2.45, 2.75) is 77.8 Å². The van der Waals surface area contributed by atoms with Gasteiger partial charge in [0.25, 0.3) is 0 Å². The fourth-order valence-corrected chi connectivity index (χ4v) is 7.10. The van der Waals surface area contributed by atoms with Gasteiger partial charge in [-0.05, 0) is 107 Å². The molecular weight excluding hydrogens is 603 g/mol. The van der Waals surface area contributed by atoms with Crippen molar-refractivity contribution in [3.05, 3.63) is 74.5 Å². The number of hydrogen-bond donors (Lipinski definition) is 1. The molecule has 0 bridgehead atoms. The highest BCUT2D eigenvalue weighted by molar-refractivity contribution is 7.98. The number of halogens is 2. The molecule has 0 unspecified atom stereocenters. The van der Waals surface area contributed by atoms with Crippen LogP contribution in [0.1, 0.15) is 80.3 Å². The summed E-state index contributed by atoms with van der Waals surface area (Å²) >= 11 is 14.0. The number of ether oxygens (including phenoxy) is 2. The molecule has 43 heavy (non-hydrogen) atoms. The van der Waals surface area contributed by atoms with E-state index in [4.69, 9.17) is 47.8 Å². The largest absolute Gasteiger partial charge is 0.461 e. The van der Waals surface area contributed by atoms with Crippen LogP contribution in [0.4, 0.5) is 5.82 Å². The van der Waals surface area contributed by atoms with Gasteiger partial charge in [-0.25, -0.2) is 14.8 Å². The van der Waals surface area contributed by atoms with Gasteiger partial charge in [-0.2, -0.15) is 0 Å². The van der Waals surface area contributed by atoms with Crippen LogP contribution >= 0.6 is 35.1 Å². The molecule has 1 aromatic heterocycles. The zero-order valence-electron chi connectivity index (χ0n) is 25.7. The first-order valence-corrected chi connectivity index (χ1v) is 16.4. The van der Waals surface area contributed by atoms with E-state index >= 15 is 0 Å². The van der Waals surface area contributed by atoms with Crippen molar-refractivity contribution in [2.24, 2.45) is 10.6 Å². The fourth-order valence-electron chi connectivity index (χ4n) is 6.46. The van der Waals surface area contributed by atoms with Gasteiger partial charge in [-0.1, -0.05) is 53.5 Å². The normalized spacial score (nSPS) is 16.4. The van der Waals surface area contributed by atoms with Crippen LogP contribution in [0.5, 0.6) is 0 Å². The van der Waals surface area contributed by atoms with Crippen LogP contribution in [0.2, 0.25) is 10.0 Å². The maximum Gasteiger partial charge on any atom is 0.360 e. The van der Waals surface area contributed by atoms with E-state index in [9.17, 15) is 4.79 Å². The van der Waals surface area contributed by atoms with Crippen LogP contribution in [-0.2, 0) is 27.9 Å². The third-order valence-corrected chi connectivity index (χ3v) is 10.1. The first-order valence-electron chi connectivity index (χ1n) is 14.7. The molecular formula is C33H40Cl2N4O3S. The predicted molar refractivity (Wildman–Crippen MR) is 176 cm³/mol. The first kappa shape index (κ1) is 32.0. The highest BCUT2D eigenvalue weighted by atomic mass is 35.5. The van der Waals surface area contributed by atoms with Gasteiger partial charge in [0.1, 0.15) is 4.93 Å². The van der Waals surface area contributed by atoms with Gasteiger partial charge in [-0.3, -0.25) is 5.14 Å². The van der Waals surface area contributed by atoms with Crippen LogP contribution in [0.15, 0.2) is 36.4 Å². The average Bonchev–Trinajstić information content (AvgIpc) is 3.31. The van der Waals surface area contributed by atoms with E-state index in [-0.39, 0.29) is 17.7 Å². The van der Waals surface area contributed by atoms with Crippen LogP contribution in [0, 0.1) is 12.3 Å². The zero-order chi connectivity index (χ0) is 31.2. The number of benzene rings is 2. The van der Waals surface area contributed by atoms with Gasteiger partial charge in [0.05, 0.1) is 33.6 Å².